The molecule has 2 aliphatic heterocycles. The van der Waals surface area contributed by atoms with Gasteiger partial charge in [0.1, 0.15) is 17.2 Å². The van der Waals surface area contributed by atoms with Crippen LogP contribution in [0.5, 0.6) is 17.2 Å². The van der Waals surface area contributed by atoms with E-state index in [1.165, 1.54) is 5.56 Å². The molecule has 0 bridgehead atoms. The first-order valence-corrected chi connectivity index (χ1v) is 8.54. The molecule has 134 valence electrons. The fourth-order valence-corrected chi connectivity index (χ4v) is 3.45. The van der Waals surface area contributed by atoms with Crippen LogP contribution in [0.15, 0.2) is 36.4 Å². The molecule has 0 aromatic heterocycles. The molecule has 0 radical (unpaired) electrons. The fourth-order valence-electron chi connectivity index (χ4n) is 3.45. The summed E-state index contributed by atoms with van der Waals surface area (Å²) in [7, 11) is 0. The smallest absolute Gasteiger partial charge is 0.414 e. The van der Waals surface area contributed by atoms with Gasteiger partial charge in [-0.15, -0.1) is 0 Å². The van der Waals surface area contributed by atoms with E-state index in [4.69, 9.17) is 14.2 Å². The molecule has 2 aliphatic rings. The highest BCUT2D eigenvalue weighted by atomic mass is 16.6. The lowest BCUT2D eigenvalue weighted by Gasteiger charge is -2.28. The minimum absolute atomic E-state index is 0.222. The summed E-state index contributed by atoms with van der Waals surface area (Å²) in [6.07, 6.45) is -0.894. The first-order chi connectivity index (χ1) is 12.5. The van der Waals surface area contributed by atoms with E-state index in [1.54, 1.807) is 0 Å². The number of rotatable bonds is 3. The average Bonchev–Trinajstić information content (AvgIpc) is 2.95. The summed E-state index contributed by atoms with van der Waals surface area (Å²) in [5.74, 6) is 1.47. The Labute approximate surface area is 151 Å². The number of nitrogens with one attached hydrogen (secondary N) is 1. The minimum Gasteiger partial charge on any atom is -0.493 e. The Bertz CT molecular complexity index is 892. The molecule has 26 heavy (non-hydrogen) atoms. The Morgan fingerprint density at radius 1 is 1.12 bits per heavy atom. The zero-order valence-corrected chi connectivity index (χ0v) is 14.6. The molecule has 2 heterocycles. The van der Waals surface area contributed by atoms with Gasteiger partial charge in [0, 0.05) is 17.5 Å². The highest BCUT2D eigenvalue weighted by molar-refractivity contribution is 6.00. The van der Waals surface area contributed by atoms with Crippen LogP contribution in [-0.4, -0.2) is 24.7 Å². The van der Waals surface area contributed by atoms with Crippen molar-refractivity contribution in [1.29, 1.82) is 0 Å². The second-order valence-electron chi connectivity index (χ2n) is 6.63. The van der Waals surface area contributed by atoms with Crippen LogP contribution in [0.2, 0.25) is 0 Å². The molecule has 2 aromatic carbocycles. The number of hydrogen-bond donors (Lipinski definition) is 1. The van der Waals surface area contributed by atoms with Crippen molar-refractivity contribution in [2.24, 2.45) is 0 Å². The number of alkyl carbamates (subject to hydrolysis) is 1. The Morgan fingerprint density at radius 3 is 2.69 bits per heavy atom. The minimum atomic E-state index is -0.809. The number of benzene rings is 2. The predicted molar refractivity (Wildman–Crippen MR) is 93.7 cm³/mol. The highest BCUT2D eigenvalue weighted by Crippen LogP contribution is 2.40. The summed E-state index contributed by atoms with van der Waals surface area (Å²) in [5.41, 5.74) is 3.07. The van der Waals surface area contributed by atoms with Crippen molar-refractivity contribution < 1.29 is 23.8 Å². The van der Waals surface area contributed by atoms with Crippen LogP contribution in [0, 0.1) is 13.8 Å². The first-order valence-electron chi connectivity index (χ1n) is 8.54. The van der Waals surface area contributed by atoms with Gasteiger partial charge in [0.2, 0.25) is 0 Å². The van der Waals surface area contributed by atoms with Gasteiger partial charge in [-0.1, -0.05) is 23.8 Å². The summed E-state index contributed by atoms with van der Waals surface area (Å²) < 4.78 is 16.9. The van der Waals surface area contributed by atoms with Gasteiger partial charge < -0.3 is 14.2 Å². The molecular formula is C20H19NO5. The van der Waals surface area contributed by atoms with Crippen molar-refractivity contribution in [2.75, 3.05) is 6.61 Å². The van der Waals surface area contributed by atoms with Crippen LogP contribution in [0.1, 0.15) is 29.0 Å². The molecule has 1 N–H and O–H groups in total. The second kappa shape index (κ2) is 6.37. The van der Waals surface area contributed by atoms with Crippen molar-refractivity contribution in [3.63, 3.8) is 0 Å². The topological polar surface area (TPSA) is 73.9 Å². The molecule has 0 saturated carbocycles. The summed E-state index contributed by atoms with van der Waals surface area (Å²) in [6, 6.07) is 11.5. The summed E-state index contributed by atoms with van der Waals surface area (Å²) in [6.45, 7) is 4.49. The van der Waals surface area contributed by atoms with Crippen LogP contribution in [-0.2, 0) is 9.53 Å². The number of ether oxygens (including phenoxy) is 3. The molecule has 2 atom stereocenters. The maximum atomic E-state index is 11.9. The molecule has 4 rings (SSSR count). The van der Waals surface area contributed by atoms with Gasteiger partial charge in [-0.25, -0.2) is 4.79 Å². The van der Waals surface area contributed by atoms with Gasteiger partial charge in [-0.2, -0.15) is 0 Å². The molecule has 1 fully saturated rings. The summed E-state index contributed by atoms with van der Waals surface area (Å²) in [4.78, 5) is 23.3. The lowest BCUT2D eigenvalue weighted by Crippen LogP contribution is -2.32. The van der Waals surface area contributed by atoms with Gasteiger partial charge in [0.15, 0.2) is 6.10 Å². The van der Waals surface area contributed by atoms with E-state index >= 15 is 0 Å². The van der Waals surface area contributed by atoms with Gasteiger partial charge in [-0.3, -0.25) is 10.1 Å². The largest absolute Gasteiger partial charge is 0.493 e. The van der Waals surface area contributed by atoms with Crippen LogP contribution < -0.4 is 14.8 Å². The Hall–Kier alpha value is -3.02. The van der Waals surface area contributed by atoms with E-state index in [9.17, 15) is 9.59 Å². The normalized spacial score (nSPS) is 21.5. The summed E-state index contributed by atoms with van der Waals surface area (Å²) in [5, 5.41) is 2.18. The van der Waals surface area contributed by atoms with E-state index in [0.717, 1.165) is 16.9 Å². The number of carbonyl (C=O) groups excluding carboxylic acids is 2. The molecule has 6 heteroatoms. The van der Waals surface area contributed by atoms with Crippen LogP contribution in [0.25, 0.3) is 0 Å². The number of amides is 2. The molecule has 6 nitrogen and oxygen atoms in total. The van der Waals surface area contributed by atoms with Gasteiger partial charge in [-0.05, 0) is 38.0 Å². The third-order valence-electron chi connectivity index (χ3n) is 4.71. The Kier molecular flexibility index (Phi) is 4.03. The third-order valence-corrected chi connectivity index (χ3v) is 4.71. The molecular weight excluding hydrogens is 334 g/mol. The molecule has 0 spiro atoms. The van der Waals surface area contributed by atoms with Crippen molar-refractivity contribution in [3.05, 3.63) is 53.1 Å². The zero-order chi connectivity index (χ0) is 18.3. The number of carbonyl (C=O) groups is 2. The third kappa shape index (κ3) is 2.98. The van der Waals surface area contributed by atoms with E-state index in [-0.39, 0.29) is 5.92 Å². The average molecular weight is 353 g/mol. The molecule has 2 aromatic rings. The van der Waals surface area contributed by atoms with E-state index < -0.39 is 18.1 Å². The Balaban J connectivity index is 1.60. The molecule has 1 unspecified atom stereocenters. The molecule has 1 saturated heterocycles. The SMILES string of the molecule is Cc1ccc(Oc2ccc3c(c2)OCC[C@H]3C2OC(=O)NC2=O)c(C)c1. The standard InChI is InChI=1S/C20H19NO5/c1-11-3-6-16(12(2)9-11)25-13-4-5-14-15(7-8-24-17(14)10-13)18-19(22)21-20(23)26-18/h3-6,9-10,15,18H,7-8H2,1-2H3,(H,21,22,23)/t15-,18?/m1/s1. The van der Waals surface area contributed by atoms with Crippen molar-refractivity contribution in [1.82, 2.24) is 5.32 Å². The molecule has 0 aliphatic carbocycles. The quantitative estimate of drug-likeness (QED) is 0.913. The van der Waals surface area contributed by atoms with Crippen molar-refractivity contribution in [2.45, 2.75) is 32.3 Å². The second-order valence-corrected chi connectivity index (χ2v) is 6.63. The number of imide groups is 1. The van der Waals surface area contributed by atoms with Crippen molar-refractivity contribution in [3.8, 4) is 17.2 Å². The van der Waals surface area contributed by atoms with E-state index in [0.29, 0.717) is 24.5 Å². The number of aryl methyl sites for hydroxylation is 2. The highest BCUT2D eigenvalue weighted by Gasteiger charge is 2.41. The summed E-state index contributed by atoms with van der Waals surface area (Å²) >= 11 is 0. The van der Waals surface area contributed by atoms with E-state index in [2.05, 4.69) is 11.4 Å². The number of fused-ring (bicyclic) bond motifs is 1. The van der Waals surface area contributed by atoms with Gasteiger partial charge >= 0.3 is 6.09 Å². The maximum Gasteiger partial charge on any atom is 0.414 e. The lowest BCUT2D eigenvalue weighted by molar-refractivity contribution is -0.124. The van der Waals surface area contributed by atoms with Gasteiger partial charge in [0.05, 0.1) is 6.61 Å². The van der Waals surface area contributed by atoms with Crippen LogP contribution in [0.4, 0.5) is 4.79 Å². The Morgan fingerprint density at radius 2 is 1.96 bits per heavy atom. The van der Waals surface area contributed by atoms with Gasteiger partial charge in [0.25, 0.3) is 5.91 Å². The van der Waals surface area contributed by atoms with E-state index in [1.807, 2.05) is 44.2 Å². The van der Waals surface area contributed by atoms with Crippen LogP contribution in [0.3, 0.4) is 0 Å². The monoisotopic (exact) mass is 353 g/mol. The fraction of sp³-hybridized carbons (Fsp3) is 0.300. The first kappa shape index (κ1) is 16.4. The lowest BCUT2D eigenvalue weighted by atomic mass is 9.88. The predicted octanol–water partition coefficient (Wildman–Crippen LogP) is 3.60. The number of hydrogen-bond acceptors (Lipinski definition) is 5. The maximum absolute atomic E-state index is 11.9. The zero-order valence-electron chi connectivity index (χ0n) is 14.6. The van der Waals surface area contributed by atoms with Crippen molar-refractivity contribution >= 4 is 12.0 Å². The number of cyclic esters (lactones) is 1. The van der Waals surface area contributed by atoms with Crippen LogP contribution >= 0.6 is 0 Å². The molecule has 2 amide bonds.